The highest BCUT2D eigenvalue weighted by molar-refractivity contribution is 5.49. The molecule has 2 rings (SSSR count). The Labute approximate surface area is 103 Å². The summed E-state index contributed by atoms with van der Waals surface area (Å²) in [5.74, 6) is 0.0886. The van der Waals surface area contributed by atoms with Gasteiger partial charge in [0.05, 0.1) is 12.7 Å². The van der Waals surface area contributed by atoms with Gasteiger partial charge in [-0.2, -0.15) is 4.68 Å². The first-order chi connectivity index (χ1) is 8.63. The molecule has 2 aromatic rings. The monoisotopic (exact) mass is 247 g/mol. The molecule has 6 heteroatoms. The zero-order chi connectivity index (χ0) is 13.1. The first-order valence-electron chi connectivity index (χ1n) is 5.44. The maximum absolute atomic E-state index is 11.8. The standard InChI is InChI=1S/C12H13N3O3/c1-2-18-10-6-4-3-5-8(10)15-11(17)7-9(16)12(13)14-15/h3-7,16H,2H2,1H3,(H2,13,14). The largest absolute Gasteiger partial charge is 0.504 e. The van der Waals surface area contributed by atoms with Crippen molar-refractivity contribution < 1.29 is 9.84 Å². The molecule has 0 aliphatic heterocycles. The van der Waals surface area contributed by atoms with E-state index in [2.05, 4.69) is 5.10 Å². The molecule has 0 fully saturated rings. The number of nitrogen functional groups attached to an aromatic ring is 1. The number of benzene rings is 1. The van der Waals surface area contributed by atoms with E-state index >= 15 is 0 Å². The molecular formula is C12H13N3O3. The molecule has 18 heavy (non-hydrogen) atoms. The van der Waals surface area contributed by atoms with Gasteiger partial charge in [-0.05, 0) is 19.1 Å². The molecule has 0 aliphatic carbocycles. The van der Waals surface area contributed by atoms with Crippen molar-refractivity contribution in [3.05, 3.63) is 40.7 Å². The second-order valence-electron chi connectivity index (χ2n) is 3.57. The number of nitrogens with two attached hydrogens (primary N) is 1. The normalized spacial score (nSPS) is 10.3. The Morgan fingerprint density at radius 1 is 1.44 bits per heavy atom. The number of nitrogens with zero attached hydrogens (tertiary/aromatic N) is 2. The quantitative estimate of drug-likeness (QED) is 0.841. The van der Waals surface area contributed by atoms with Crippen molar-refractivity contribution in [2.75, 3.05) is 12.3 Å². The van der Waals surface area contributed by atoms with E-state index in [1.54, 1.807) is 24.3 Å². The van der Waals surface area contributed by atoms with Crippen molar-refractivity contribution in [2.45, 2.75) is 6.92 Å². The number of aromatic hydroxyl groups is 1. The summed E-state index contributed by atoms with van der Waals surface area (Å²) in [5, 5.41) is 13.1. The van der Waals surface area contributed by atoms with Gasteiger partial charge >= 0.3 is 0 Å². The number of rotatable bonds is 3. The highest BCUT2D eigenvalue weighted by atomic mass is 16.5. The van der Waals surface area contributed by atoms with Crippen molar-refractivity contribution in [3.63, 3.8) is 0 Å². The third kappa shape index (κ3) is 2.13. The Kier molecular flexibility index (Phi) is 3.18. The summed E-state index contributed by atoms with van der Waals surface area (Å²) in [6.45, 7) is 2.32. The van der Waals surface area contributed by atoms with E-state index in [1.165, 1.54) is 0 Å². The minimum Gasteiger partial charge on any atom is -0.504 e. The second-order valence-corrected chi connectivity index (χ2v) is 3.57. The van der Waals surface area contributed by atoms with Crippen molar-refractivity contribution >= 4 is 5.82 Å². The zero-order valence-electron chi connectivity index (χ0n) is 9.83. The van der Waals surface area contributed by atoms with Gasteiger partial charge in [0.25, 0.3) is 5.56 Å². The summed E-state index contributed by atoms with van der Waals surface area (Å²) in [6, 6.07) is 8.00. The third-order valence-electron chi connectivity index (χ3n) is 2.33. The Balaban J connectivity index is 2.62. The molecule has 0 bridgehead atoms. The second kappa shape index (κ2) is 4.79. The summed E-state index contributed by atoms with van der Waals surface area (Å²) in [7, 11) is 0. The van der Waals surface area contributed by atoms with Gasteiger partial charge in [0, 0.05) is 0 Å². The van der Waals surface area contributed by atoms with Crippen LogP contribution in [0.25, 0.3) is 5.69 Å². The lowest BCUT2D eigenvalue weighted by Gasteiger charge is -2.11. The van der Waals surface area contributed by atoms with E-state index in [0.717, 1.165) is 10.7 Å². The summed E-state index contributed by atoms with van der Waals surface area (Å²) in [5.41, 5.74) is 5.49. The first-order valence-corrected chi connectivity index (χ1v) is 5.44. The number of anilines is 1. The fourth-order valence-corrected chi connectivity index (χ4v) is 1.54. The molecule has 0 atom stereocenters. The van der Waals surface area contributed by atoms with E-state index in [-0.39, 0.29) is 11.6 Å². The van der Waals surface area contributed by atoms with Crippen LogP contribution in [-0.4, -0.2) is 21.5 Å². The molecular weight excluding hydrogens is 234 g/mol. The molecule has 3 N–H and O–H groups in total. The SMILES string of the molecule is CCOc1ccccc1-n1nc(N)c(O)cc1=O. The molecule has 6 nitrogen and oxygen atoms in total. The Morgan fingerprint density at radius 3 is 2.89 bits per heavy atom. The van der Waals surface area contributed by atoms with Crippen LogP contribution in [0.5, 0.6) is 11.5 Å². The van der Waals surface area contributed by atoms with E-state index < -0.39 is 5.56 Å². The average molecular weight is 247 g/mol. The van der Waals surface area contributed by atoms with Crippen LogP contribution in [0, 0.1) is 0 Å². The molecule has 1 heterocycles. The summed E-state index contributed by atoms with van der Waals surface area (Å²) >= 11 is 0. The van der Waals surface area contributed by atoms with Gasteiger partial charge in [-0.25, -0.2) is 0 Å². The predicted octanol–water partition coefficient (Wildman–Crippen LogP) is 0.919. The minimum atomic E-state index is -0.478. The van der Waals surface area contributed by atoms with Gasteiger partial charge in [0.2, 0.25) is 0 Å². The molecule has 0 spiro atoms. The van der Waals surface area contributed by atoms with Crippen LogP contribution in [0.3, 0.4) is 0 Å². The number of ether oxygens (including phenoxy) is 1. The Morgan fingerprint density at radius 2 is 2.17 bits per heavy atom. The lowest BCUT2D eigenvalue weighted by atomic mass is 10.3. The van der Waals surface area contributed by atoms with Gasteiger partial charge in [-0.3, -0.25) is 4.79 Å². The van der Waals surface area contributed by atoms with Crippen LogP contribution in [0.1, 0.15) is 6.92 Å². The molecule has 0 saturated carbocycles. The van der Waals surface area contributed by atoms with Crippen LogP contribution in [-0.2, 0) is 0 Å². The van der Waals surface area contributed by atoms with Crippen molar-refractivity contribution in [2.24, 2.45) is 0 Å². The minimum absolute atomic E-state index is 0.110. The van der Waals surface area contributed by atoms with Crippen LogP contribution >= 0.6 is 0 Å². The smallest absolute Gasteiger partial charge is 0.275 e. The van der Waals surface area contributed by atoms with Crippen LogP contribution in [0.15, 0.2) is 35.1 Å². The lowest BCUT2D eigenvalue weighted by Crippen LogP contribution is -2.21. The first kappa shape index (κ1) is 12.0. The van der Waals surface area contributed by atoms with Gasteiger partial charge in [0.15, 0.2) is 11.6 Å². The molecule has 94 valence electrons. The van der Waals surface area contributed by atoms with E-state index in [0.29, 0.717) is 18.0 Å². The fraction of sp³-hybridized carbons (Fsp3) is 0.167. The average Bonchev–Trinajstić information content (AvgIpc) is 2.35. The number of hydrogen-bond acceptors (Lipinski definition) is 5. The molecule has 1 aromatic heterocycles. The molecule has 0 saturated heterocycles. The summed E-state index contributed by atoms with van der Waals surface area (Å²) in [4.78, 5) is 11.8. The van der Waals surface area contributed by atoms with Gasteiger partial charge < -0.3 is 15.6 Å². The van der Waals surface area contributed by atoms with Crippen molar-refractivity contribution in [1.82, 2.24) is 9.78 Å². The van der Waals surface area contributed by atoms with Crippen LogP contribution in [0.2, 0.25) is 0 Å². The van der Waals surface area contributed by atoms with E-state index in [9.17, 15) is 9.90 Å². The number of para-hydroxylation sites is 2. The van der Waals surface area contributed by atoms with Crippen LogP contribution < -0.4 is 16.0 Å². The van der Waals surface area contributed by atoms with Crippen molar-refractivity contribution in [1.29, 1.82) is 0 Å². The van der Waals surface area contributed by atoms with E-state index in [1.807, 2.05) is 6.92 Å². The molecule has 0 unspecified atom stereocenters. The van der Waals surface area contributed by atoms with Crippen LogP contribution in [0.4, 0.5) is 5.82 Å². The Hall–Kier alpha value is -2.50. The van der Waals surface area contributed by atoms with Gasteiger partial charge in [-0.15, -0.1) is 5.10 Å². The number of hydrogen-bond donors (Lipinski definition) is 2. The van der Waals surface area contributed by atoms with E-state index in [4.69, 9.17) is 10.5 Å². The zero-order valence-corrected chi connectivity index (χ0v) is 9.83. The van der Waals surface area contributed by atoms with Crippen molar-refractivity contribution in [3.8, 4) is 17.2 Å². The summed E-state index contributed by atoms with van der Waals surface area (Å²) < 4.78 is 6.51. The highest BCUT2D eigenvalue weighted by Gasteiger charge is 2.10. The maximum atomic E-state index is 11.8. The molecule has 1 aromatic carbocycles. The number of aromatic nitrogens is 2. The Bertz CT molecular complexity index is 622. The van der Waals surface area contributed by atoms with Gasteiger partial charge in [-0.1, -0.05) is 12.1 Å². The molecule has 0 amide bonds. The highest BCUT2D eigenvalue weighted by Crippen LogP contribution is 2.22. The predicted molar refractivity (Wildman–Crippen MR) is 67.1 cm³/mol. The summed E-state index contributed by atoms with van der Waals surface area (Å²) in [6.07, 6.45) is 0. The third-order valence-corrected chi connectivity index (χ3v) is 2.33. The lowest BCUT2D eigenvalue weighted by molar-refractivity contribution is 0.338. The topological polar surface area (TPSA) is 90.4 Å². The fourth-order valence-electron chi connectivity index (χ4n) is 1.54. The maximum Gasteiger partial charge on any atom is 0.275 e. The molecule has 0 aliphatic rings. The van der Waals surface area contributed by atoms with Gasteiger partial charge in [0.1, 0.15) is 11.4 Å². The molecule has 0 radical (unpaired) electrons.